The van der Waals surface area contributed by atoms with E-state index in [9.17, 15) is 9.59 Å². The van der Waals surface area contributed by atoms with E-state index < -0.39 is 0 Å². The Morgan fingerprint density at radius 2 is 2.12 bits per heavy atom. The molecule has 0 unspecified atom stereocenters. The second-order valence-corrected chi connectivity index (χ2v) is 4.43. The molecule has 6 heteroatoms. The molecule has 0 aromatic carbocycles. The van der Waals surface area contributed by atoms with Crippen molar-refractivity contribution < 1.29 is 4.79 Å². The molecule has 6 nitrogen and oxygen atoms in total. The molecule has 0 bridgehead atoms. The first kappa shape index (κ1) is 11.6. The molecular formula is C11H16N4O2. The fraction of sp³-hybridized carbons (Fsp3) is 0.545. The Balaban J connectivity index is 1.90. The third-order valence-corrected chi connectivity index (χ3v) is 3.17. The first-order valence-electron chi connectivity index (χ1n) is 5.76. The molecule has 1 amide bonds. The number of rotatable bonds is 3. The van der Waals surface area contributed by atoms with E-state index in [1.54, 1.807) is 6.20 Å². The number of anilines is 1. The van der Waals surface area contributed by atoms with Gasteiger partial charge in [0.15, 0.2) is 0 Å². The summed E-state index contributed by atoms with van der Waals surface area (Å²) in [6, 6.07) is 1.77. The molecule has 1 heterocycles. The van der Waals surface area contributed by atoms with Crippen molar-refractivity contribution >= 4 is 11.6 Å². The van der Waals surface area contributed by atoms with Crippen molar-refractivity contribution in [2.75, 3.05) is 5.32 Å². The van der Waals surface area contributed by atoms with Gasteiger partial charge in [0.25, 0.3) is 5.56 Å². The predicted molar refractivity (Wildman–Crippen MR) is 63.4 cm³/mol. The smallest absolute Gasteiger partial charge is 0.266 e. The van der Waals surface area contributed by atoms with Crippen LogP contribution in [0.25, 0.3) is 0 Å². The van der Waals surface area contributed by atoms with Crippen LogP contribution in [-0.4, -0.2) is 22.1 Å². The molecule has 0 spiro atoms. The number of nitrogens with one attached hydrogen (secondary N) is 2. The van der Waals surface area contributed by atoms with E-state index in [0.29, 0.717) is 0 Å². The van der Waals surface area contributed by atoms with Gasteiger partial charge in [0.2, 0.25) is 5.91 Å². The maximum Gasteiger partial charge on any atom is 0.266 e. The summed E-state index contributed by atoms with van der Waals surface area (Å²) in [5.74, 6) is -0.202. The minimum absolute atomic E-state index is 0.00495. The average Bonchev–Trinajstić information content (AvgIpc) is 2.29. The first-order chi connectivity index (χ1) is 8.15. The zero-order valence-electron chi connectivity index (χ0n) is 9.48. The van der Waals surface area contributed by atoms with E-state index in [0.717, 1.165) is 31.4 Å². The van der Waals surface area contributed by atoms with Crippen molar-refractivity contribution in [2.24, 2.45) is 11.7 Å². The second-order valence-electron chi connectivity index (χ2n) is 4.43. The third-order valence-electron chi connectivity index (χ3n) is 3.17. The van der Waals surface area contributed by atoms with Gasteiger partial charge in [-0.2, -0.15) is 5.10 Å². The summed E-state index contributed by atoms with van der Waals surface area (Å²) in [5.41, 5.74) is 5.77. The molecule has 0 atom stereocenters. The Morgan fingerprint density at radius 1 is 1.41 bits per heavy atom. The number of nitrogens with two attached hydrogens (primary N) is 1. The van der Waals surface area contributed by atoms with Crippen molar-refractivity contribution in [1.82, 2.24) is 10.2 Å². The fourth-order valence-electron chi connectivity index (χ4n) is 2.21. The van der Waals surface area contributed by atoms with Gasteiger partial charge in [-0.3, -0.25) is 9.59 Å². The van der Waals surface area contributed by atoms with Crippen LogP contribution in [0.1, 0.15) is 25.7 Å². The summed E-state index contributed by atoms with van der Waals surface area (Å²) in [6.45, 7) is 0. The molecular weight excluding hydrogens is 220 g/mol. The Labute approximate surface area is 98.6 Å². The molecule has 4 N–H and O–H groups in total. The standard InChI is InChI=1S/C11H16N4O2/c12-11(17)7-1-3-8(4-2-7)14-9-5-10(16)15-13-6-9/h5-8H,1-4H2,(H2,12,17)(H2,14,15,16). The molecule has 1 fully saturated rings. The van der Waals surface area contributed by atoms with Gasteiger partial charge < -0.3 is 11.1 Å². The van der Waals surface area contributed by atoms with Gasteiger partial charge in [0.1, 0.15) is 0 Å². The topological polar surface area (TPSA) is 101 Å². The normalized spacial score (nSPS) is 24.2. The fourth-order valence-corrected chi connectivity index (χ4v) is 2.21. The van der Waals surface area contributed by atoms with Gasteiger partial charge in [0.05, 0.1) is 11.9 Å². The number of aromatic amines is 1. The summed E-state index contributed by atoms with van der Waals surface area (Å²) in [5, 5.41) is 9.29. The van der Waals surface area contributed by atoms with Gasteiger partial charge in [-0.25, -0.2) is 5.10 Å². The summed E-state index contributed by atoms with van der Waals surface area (Å²) < 4.78 is 0. The van der Waals surface area contributed by atoms with E-state index in [1.807, 2.05) is 0 Å². The molecule has 2 rings (SSSR count). The number of carbonyl (C=O) groups excluding carboxylic acids is 1. The predicted octanol–water partition coefficient (Wildman–Crippen LogP) is 0.226. The van der Waals surface area contributed by atoms with Crippen molar-refractivity contribution in [3.63, 3.8) is 0 Å². The third kappa shape index (κ3) is 3.05. The zero-order valence-corrected chi connectivity index (χ0v) is 9.48. The van der Waals surface area contributed by atoms with E-state index in [1.165, 1.54) is 6.07 Å². The highest BCUT2D eigenvalue weighted by atomic mass is 16.1. The highest BCUT2D eigenvalue weighted by Crippen LogP contribution is 2.25. The lowest BCUT2D eigenvalue weighted by Crippen LogP contribution is -2.32. The van der Waals surface area contributed by atoms with Gasteiger partial charge in [0, 0.05) is 18.0 Å². The maximum atomic E-state index is 11.1. The minimum Gasteiger partial charge on any atom is -0.381 e. The number of aromatic nitrogens is 2. The highest BCUT2D eigenvalue weighted by Gasteiger charge is 2.24. The van der Waals surface area contributed by atoms with Crippen LogP contribution < -0.4 is 16.6 Å². The molecule has 92 valence electrons. The van der Waals surface area contributed by atoms with Crippen molar-refractivity contribution in [3.05, 3.63) is 22.6 Å². The van der Waals surface area contributed by atoms with Crippen molar-refractivity contribution in [1.29, 1.82) is 0 Å². The number of amides is 1. The lowest BCUT2D eigenvalue weighted by molar-refractivity contribution is -0.122. The van der Waals surface area contributed by atoms with Crippen LogP contribution >= 0.6 is 0 Å². The largest absolute Gasteiger partial charge is 0.381 e. The van der Waals surface area contributed by atoms with Gasteiger partial charge in [-0.05, 0) is 25.7 Å². The number of H-pyrrole nitrogens is 1. The molecule has 1 aromatic rings. The monoisotopic (exact) mass is 236 g/mol. The minimum atomic E-state index is -0.221. The van der Waals surface area contributed by atoms with E-state index in [2.05, 4.69) is 15.5 Å². The van der Waals surface area contributed by atoms with Crippen molar-refractivity contribution in [3.8, 4) is 0 Å². The van der Waals surface area contributed by atoms with Gasteiger partial charge >= 0.3 is 0 Å². The lowest BCUT2D eigenvalue weighted by atomic mass is 9.85. The second kappa shape index (κ2) is 4.99. The molecule has 0 radical (unpaired) electrons. The average molecular weight is 236 g/mol. The number of hydrogen-bond donors (Lipinski definition) is 3. The SMILES string of the molecule is NC(=O)C1CCC(Nc2cn[nH]c(=O)c2)CC1. The summed E-state index contributed by atoms with van der Waals surface area (Å²) in [7, 11) is 0. The summed E-state index contributed by atoms with van der Waals surface area (Å²) >= 11 is 0. The molecule has 0 saturated heterocycles. The summed E-state index contributed by atoms with van der Waals surface area (Å²) in [6.07, 6.45) is 4.98. The Morgan fingerprint density at radius 3 is 2.71 bits per heavy atom. The highest BCUT2D eigenvalue weighted by molar-refractivity contribution is 5.76. The van der Waals surface area contributed by atoms with Crippen LogP contribution in [-0.2, 0) is 4.79 Å². The lowest BCUT2D eigenvalue weighted by Gasteiger charge is -2.27. The molecule has 1 aliphatic rings. The van der Waals surface area contributed by atoms with Crippen LogP contribution in [0.3, 0.4) is 0 Å². The van der Waals surface area contributed by atoms with Crippen LogP contribution in [0.5, 0.6) is 0 Å². The maximum absolute atomic E-state index is 11.1. The zero-order chi connectivity index (χ0) is 12.3. The molecule has 1 aliphatic carbocycles. The van der Waals surface area contributed by atoms with Gasteiger partial charge in [-0.1, -0.05) is 0 Å². The number of carbonyl (C=O) groups is 1. The van der Waals surface area contributed by atoms with E-state index in [4.69, 9.17) is 5.73 Å². The Bertz CT molecular complexity index is 449. The van der Waals surface area contributed by atoms with Crippen LogP contribution in [0.2, 0.25) is 0 Å². The van der Waals surface area contributed by atoms with Crippen molar-refractivity contribution in [2.45, 2.75) is 31.7 Å². The molecule has 1 saturated carbocycles. The van der Waals surface area contributed by atoms with Crippen LogP contribution in [0.4, 0.5) is 5.69 Å². The van der Waals surface area contributed by atoms with Crippen LogP contribution in [0, 0.1) is 5.92 Å². The number of primary amides is 1. The first-order valence-corrected chi connectivity index (χ1v) is 5.76. The number of hydrogen-bond acceptors (Lipinski definition) is 4. The summed E-state index contributed by atoms with van der Waals surface area (Å²) in [4.78, 5) is 22.1. The number of nitrogens with zero attached hydrogens (tertiary/aromatic N) is 1. The Kier molecular flexibility index (Phi) is 3.41. The molecule has 17 heavy (non-hydrogen) atoms. The van der Waals surface area contributed by atoms with E-state index >= 15 is 0 Å². The van der Waals surface area contributed by atoms with E-state index in [-0.39, 0.29) is 23.4 Å². The molecule has 1 aromatic heterocycles. The van der Waals surface area contributed by atoms with Gasteiger partial charge in [-0.15, -0.1) is 0 Å². The molecule has 0 aliphatic heterocycles. The Hall–Kier alpha value is -1.85. The van der Waals surface area contributed by atoms with Crippen LogP contribution in [0.15, 0.2) is 17.1 Å². The quantitative estimate of drug-likeness (QED) is 0.699.